The molecule has 0 spiro atoms. The molecule has 0 fully saturated rings. The first-order chi connectivity index (χ1) is 9.29. The Labute approximate surface area is 115 Å². The summed E-state index contributed by atoms with van der Waals surface area (Å²) in [6.45, 7) is 3.47. The maximum Gasteiger partial charge on any atom is 0.416 e. The van der Waals surface area contributed by atoms with Gasteiger partial charge in [-0.15, -0.1) is 0 Å². The lowest BCUT2D eigenvalue weighted by atomic mass is 9.95. The standard InChI is InChI=1S/C16H15F3O/c1-10-4-3-5-12(8-10)15(20)14-7-6-13(9-11(14)2)16(17,18)19/h3-9,15,20H,1-2H3. The molecule has 1 unspecified atom stereocenters. The van der Waals surface area contributed by atoms with Crippen LogP contribution in [0.5, 0.6) is 0 Å². The molecule has 1 N–H and O–H groups in total. The molecule has 0 amide bonds. The molecule has 4 heteroatoms. The zero-order valence-corrected chi connectivity index (χ0v) is 11.2. The van der Waals surface area contributed by atoms with Crippen LogP contribution in [0.4, 0.5) is 13.2 Å². The predicted octanol–water partition coefficient (Wildman–Crippen LogP) is 4.40. The number of hydrogen-bond donors (Lipinski definition) is 1. The molecule has 2 aromatic rings. The molecule has 0 aliphatic rings. The van der Waals surface area contributed by atoms with Crippen molar-refractivity contribution in [2.75, 3.05) is 0 Å². The highest BCUT2D eigenvalue weighted by molar-refractivity contribution is 5.39. The first-order valence-electron chi connectivity index (χ1n) is 6.21. The van der Waals surface area contributed by atoms with Crippen LogP contribution in [0.3, 0.4) is 0 Å². The molecule has 0 aromatic heterocycles. The summed E-state index contributed by atoms with van der Waals surface area (Å²) in [6, 6.07) is 10.7. The van der Waals surface area contributed by atoms with Crippen LogP contribution >= 0.6 is 0 Å². The maximum atomic E-state index is 12.6. The van der Waals surface area contributed by atoms with Crippen LogP contribution in [0.2, 0.25) is 0 Å². The number of rotatable bonds is 2. The summed E-state index contributed by atoms with van der Waals surface area (Å²) in [7, 11) is 0. The Morgan fingerprint density at radius 1 is 1.00 bits per heavy atom. The lowest BCUT2D eigenvalue weighted by molar-refractivity contribution is -0.137. The predicted molar refractivity (Wildman–Crippen MR) is 71.4 cm³/mol. The molecule has 0 radical (unpaired) electrons. The smallest absolute Gasteiger partial charge is 0.384 e. The maximum absolute atomic E-state index is 12.6. The van der Waals surface area contributed by atoms with Crippen LogP contribution in [0.1, 0.15) is 33.9 Å². The molecule has 1 atom stereocenters. The third kappa shape index (κ3) is 3.02. The van der Waals surface area contributed by atoms with Gasteiger partial charge in [-0.05, 0) is 42.7 Å². The number of alkyl halides is 3. The van der Waals surface area contributed by atoms with Crippen LogP contribution in [-0.2, 0) is 6.18 Å². The fraction of sp³-hybridized carbons (Fsp3) is 0.250. The van der Waals surface area contributed by atoms with E-state index in [1.165, 1.54) is 6.07 Å². The fourth-order valence-electron chi connectivity index (χ4n) is 2.18. The van der Waals surface area contributed by atoms with Crippen molar-refractivity contribution >= 4 is 0 Å². The Morgan fingerprint density at radius 3 is 2.25 bits per heavy atom. The fourth-order valence-corrected chi connectivity index (χ4v) is 2.18. The highest BCUT2D eigenvalue weighted by Crippen LogP contribution is 2.33. The van der Waals surface area contributed by atoms with Crippen molar-refractivity contribution in [1.82, 2.24) is 0 Å². The van der Waals surface area contributed by atoms with Gasteiger partial charge in [-0.2, -0.15) is 13.2 Å². The van der Waals surface area contributed by atoms with E-state index < -0.39 is 17.8 Å². The van der Waals surface area contributed by atoms with Gasteiger partial charge in [0.15, 0.2) is 0 Å². The van der Waals surface area contributed by atoms with Crippen molar-refractivity contribution in [2.24, 2.45) is 0 Å². The Balaban J connectivity index is 2.38. The highest BCUT2D eigenvalue weighted by Gasteiger charge is 2.31. The van der Waals surface area contributed by atoms with Gasteiger partial charge in [0.25, 0.3) is 0 Å². The summed E-state index contributed by atoms with van der Waals surface area (Å²) in [6.07, 6.45) is -5.28. The highest BCUT2D eigenvalue weighted by atomic mass is 19.4. The molecule has 0 saturated carbocycles. The van der Waals surface area contributed by atoms with Crippen LogP contribution in [0.25, 0.3) is 0 Å². The number of aliphatic hydroxyl groups excluding tert-OH is 1. The van der Waals surface area contributed by atoms with Crippen LogP contribution in [-0.4, -0.2) is 5.11 Å². The minimum Gasteiger partial charge on any atom is -0.384 e. The average molecular weight is 280 g/mol. The molecule has 0 aliphatic heterocycles. The van der Waals surface area contributed by atoms with Crippen LogP contribution in [0, 0.1) is 13.8 Å². The van der Waals surface area contributed by atoms with Crippen molar-refractivity contribution in [2.45, 2.75) is 26.1 Å². The first kappa shape index (κ1) is 14.6. The number of halogens is 3. The summed E-state index contributed by atoms with van der Waals surface area (Å²) < 4.78 is 37.8. The summed E-state index contributed by atoms with van der Waals surface area (Å²) in [5.74, 6) is 0. The summed E-state index contributed by atoms with van der Waals surface area (Å²) in [4.78, 5) is 0. The molecule has 1 nitrogen and oxygen atoms in total. The van der Waals surface area contributed by atoms with E-state index in [0.29, 0.717) is 16.7 Å². The molecule has 2 aromatic carbocycles. The number of benzene rings is 2. The zero-order chi connectivity index (χ0) is 14.9. The summed E-state index contributed by atoms with van der Waals surface area (Å²) in [5.41, 5.74) is 1.88. The molecular formula is C16H15F3O. The lowest BCUT2D eigenvalue weighted by Gasteiger charge is -2.16. The third-order valence-corrected chi connectivity index (χ3v) is 3.25. The van der Waals surface area contributed by atoms with Crippen molar-refractivity contribution in [3.8, 4) is 0 Å². The van der Waals surface area contributed by atoms with Gasteiger partial charge in [0.2, 0.25) is 0 Å². The summed E-state index contributed by atoms with van der Waals surface area (Å²) in [5, 5.41) is 10.3. The van der Waals surface area contributed by atoms with Gasteiger partial charge < -0.3 is 5.11 Å². The first-order valence-corrected chi connectivity index (χ1v) is 6.21. The minimum absolute atomic E-state index is 0.425. The second kappa shape index (κ2) is 5.29. The average Bonchev–Trinajstić information content (AvgIpc) is 2.36. The van der Waals surface area contributed by atoms with Gasteiger partial charge in [0.1, 0.15) is 6.10 Å². The Bertz CT molecular complexity index is 617. The quantitative estimate of drug-likeness (QED) is 0.864. The lowest BCUT2D eigenvalue weighted by Crippen LogP contribution is -2.08. The SMILES string of the molecule is Cc1cccc(C(O)c2ccc(C(F)(F)F)cc2C)c1. The number of hydrogen-bond acceptors (Lipinski definition) is 1. The normalized spacial score (nSPS) is 13.3. The van der Waals surface area contributed by atoms with E-state index in [2.05, 4.69) is 0 Å². The Morgan fingerprint density at radius 2 is 1.70 bits per heavy atom. The van der Waals surface area contributed by atoms with E-state index in [1.807, 2.05) is 25.1 Å². The summed E-state index contributed by atoms with van der Waals surface area (Å²) >= 11 is 0. The monoisotopic (exact) mass is 280 g/mol. The topological polar surface area (TPSA) is 20.2 Å². The van der Waals surface area contributed by atoms with Crippen molar-refractivity contribution in [3.63, 3.8) is 0 Å². The zero-order valence-electron chi connectivity index (χ0n) is 11.2. The van der Waals surface area contributed by atoms with Crippen molar-refractivity contribution in [1.29, 1.82) is 0 Å². The number of aryl methyl sites for hydroxylation is 2. The molecule has 2 rings (SSSR count). The van der Waals surface area contributed by atoms with Crippen molar-refractivity contribution in [3.05, 3.63) is 70.3 Å². The van der Waals surface area contributed by atoms with E-state index in [0.717, 1.165) is 17.7 Å². The second-order valence-corrected chi connectivity index (χ2v) is 4.89. The largest absolute Gasteiger partial charge is 0.416 e. The number of aliphatic hydroxyl groups is 1. The molecule has 0 saturated heterocycles. The molecule has 0 heterocycles. The van der Waals surface area contributed by atoms with E-state index in [-0.39, 0.29) is 0 Å². The van der Waals surface area contributed by atoms with E-state index in [1.54, 1.807) is 13.0 Å². The Hall–Kier alpha value is -1.81. The second-order valence-electron chi connectivity index (χ2n) is 4.89. The van der Waals surface area contributed by atoms with E-state index in [9.17, 15) is 18.3 Å². The molecular weight excluding hydrogens is 265 g/mol. The van der Waals surface area contributed by atoms with E-state index >= 15 is 0 Å². The van der Waals surface area contributed by atoms with Gasteiger partial charge in [-0.1, -0.05) is 35.9 Å². The van der Waals surface area contributed by atoms with Gasteiger partial charge in [-0.3, -0.25) is 0 Å². The molecule has 0 bridgehead atoms. The molecule has 106 valence electrons. The van der Waals surface area contributed by atoms with Gasteiger partial charge in [0.05, 0.1) is 5.56 Å². The van der Waals surface area contributed by atoms with Gasteiger partial charge >= 0.3 is 6.18 Å². The van der Waals surface area contributed by atoms with Crippen molar-refractivity contribution < 1.29 is 18.3 Å². The van der Waals surface area contributed by atoms with Crippen LogP contribution in [0.15, 0.2) is 42.5 Å². The van der Waals surface area contributed by atoms with Gasteiger partial charge in [-0.25, -0.2) is 0 Å². The molecule has 0 aliphatic carbocycles. The third-order valence-electron chi connectivity index (χ3n) is 3.25. The van der Waals surface area contributed by atoms with Crippen LogP contribution < -0.4 is 0 Å². The minimum atomic E-state index is -4.36. The van der Waals surface area contributed by atoms with E-state index in [4.69, 9.17) is 0 Å². The molecule has 20 heavy (non-hydrogen) atoms. The van der Waals surface area contributed by atoms with Gasteiger partial charge in [0, 0.05) is 0 Å². The Kier molecular flexibility index (Phi) is 3.86.